The number of hydrogen-bond donors (Lipinski definition) is 0. The van der Waals surface area contributed by atoms with Gasteiger partial charge in [-0.2, -0.15) is 10.4 Å². The van der Waals surface area contributed by atoms with Crippen molar-refractivity contribution in [1.29, 1.82) is 5.26 Å². The van der Waals surface area contributed by atoms with E-state index in [9.17, 15) is 4.39 Å². The van der Waals surface area contributed by atoms with Crippen molar-refractivity contribution in [2.24, 2.45) is 0 Å². The third kappa shape index (κ3) is 2.80. The highest BCUT2D eigenvalue weighted by Crippen LogP contribution is 2.37. The molecule has 0 unspecified atom stereocenters. The Morgan fingerprint density at radius 3 is 3.08 bits per heavy atom. The molecule has 1 fully saturated rings. The van der Waals surface area contributed by atoms with Crippen LogP contribution in [0.15, 0.2) is 36.8 Å². The van der Waals surface area contributed by atoms with E-state index < -0.39 is 0 Å². The Morgan fingerprint density at radius 2 is 2.24 bits per heavy atom. The molecular weight excluding hydrogens is 319 g/mol. The van der Waals surface area contributed by atoms with Crippen LogP contribution in [0.25, 0.3) is 11.0 Å². The van der Waals surface area contributed by atoms with E-state index in [2.05, 4.69) is 26.0 Å². The number of aryl methyl sites for hydroxylation is 1. The summed E-state index contributed by atoms with van der Waals surface area (Å²) in [5.74, 6) is 0.599. The van der Waals surface area contributed by atoms with Crippen LogP contribution in [0.2, 0.25) is 0 Å². The SMILES string of the molecule is N#CCCn1ncc2c(N3CCC[C@@H]3c3cccc(F)c3)ncnc21. The van der Waals surface area contributed by atoms with Crippen LogP contribution >= 0.6 is 0 Å². The molecule has 1 aliphatic rings. The van der Waals surface area contributed by atoms with Crippen LogP contribution in [0.1, 0.15) is 30.9 Å². The van der Waals surface area contributed by atoms with Crippen molar-refractivity contribution in [1.82, 2.24) is 19.7 Å². The zero-order valence-electron chi connectivity index (χ0n) is 13.6. The Bertz CT molecular complexity index is 944. The third-order valence-corrected chi connectivity index (χ3v) is 4.61. The Morgan fingerprint density at radius 1 is 1.32 bits per heavy atom. The van der Waals surface area contributed by atoms with E-state index in [0.29, 0.717) is 13.0 Å². The summed E-state index contributed by atoms with van der Waals surface area (Å²) in [5, 5.41) is 14.0. The minimum atomic E-state index is -0.221. The van der Waals surface area contributed by atoms with Crippen molar-refractivity contribution < 1.29 is 4.39 Å². The second-order valence-electron chi connectivity index (χ2n) is 6.12. The van der Waals surface area contributed by atoms with Crippen molar-refractivity contribution in [3.05, 3.63) is 48.2 Å². The molecule has 0 N–H and O–H groups in total. The molecule has 7 heteroatoms. The lowest BCUT2D eigenvalue weighted by atomic mass is 10.0. The topological polar surface area (TPSA) is 70.6 Å². The lowest BCUT2D eigenvalue weighted by Gasteiger charge is -2.26. The lowest BCUT2D eigenvalue weighted by Crippen LogP contribution is -2.24. The summed E-state index contributed by atoms with van der Waals surface area (Å²) in [5.41, 5.74) is 1.69. The number of fused-ring (bicyclic) bond motifs is 1. The number of nitrogens with zero attached hydrogens (tertiary/aromatic N) is 6. The number of aromatic nitrogens is 4. The molecule has 1 atom stereocenters. The number of nitriles is 1. The van der Waals surface area contributed by atoms with E-state index in [1.165, 1.54) is 12.4 Å². The maximum absolute atomic E-state index is 13.6. The highest BCUT2D eigenvalue weighted by molar-refractivity contribution is 5.87. The van der Waals surface area contributed by atoms with Gasteiger partial charge < -0.3 is 4.90 Å². The molecule has 1 aromatic carbocycles. The molecule has 3 aromatic rings. The summed E-state index contributed by atoms with van der Waals surface area (Å²) >= 11 is 0. The highest BCUT2D eigenvalue weighted by atomic mass is 19.1. The van der Waals surface area contributed by atoms with E-state index in [4.69, 9.17) is 5.26 Å². The Kier molecular flexibility index (Phi) is 4.02. The number of anilines is 1. The first-order chi connectivity index (χ1) is 12.3. The van der Waals surface area contributed by atoms with Gasteiger partial charge in [0.25, 0.3) is 0 Å². The van der Waals surface area contributed by atoms with Crippen molar-refractivity contribution in [3.63, 3.8) is 0 Å². The molecule has 0 amide bonds. The molecule has 0 bridgehead atoms. The van der Waals surface area contributed by atoms with E-state index in [-0.39, 0.29) is 11.9 Å². The second kappa shape index (κ2) is 6.48. The molecule has 0 saturated carbocycles. The first-order valence-electron chi connectivity index (χ1n) is 8.33. The van der Waals surface area contributed by atoms with Gasteiger partial charge in [-0.15, -0.1) is 0 Å². The zero-order chi connectivity index (χ0) is 17.2. The maximum Gasteiger partial charge on any atom is 0.163 e. The van der Waals surface area contributed by atoms with E-state index in [0.717, 1.165) is 41.8 Å². The number of hydrogen-bond acceptors (Lipinski definition) is 5. The fraction of sp³-hybridized carbons (Fsp3) is 0.333. The minimum Gasteiger partial charge on any atom is -0.349 e. The third-order valence-electron chi connectivity index (χ3n) is 4.61. The summed E-state index contributed by atoms with van der Waals surface area (Å²) in [6, 6.07) is 8.98. The quantitative estimate of drug-likeness (QED) is 0.731. The fourth-order valence-electron chi connectivity index (χ4n) is 3.51. The molecule has 25 heavy (non-hydrogen) atoms. The van der Waals surface area contributed by atoms with Crippen molar-refractivity contribution in [2.45, 2.75) is 31.8 Å². The van der Waals surface area contributed by atoms with Crippen LogP contribution in [0.4, 0.5) is 10.2 Å². The first kappa shape index (κ1) is 15.5. The molecule has 2 aromatic heterocycles. The lowest BCUT2D eigenvalue weighted by molar-refractivity contribution is 0.618. The average molecular weight is 336 g/mol. The second-order valence-corrected chi connectivity index (χ2v) is 6.12. The van der Waals surface area contributed by atoms with Gasteiger partial charge in [0.05, 0.1) is 36.7 Å². The summed E-state index contributed by atoms with van der Waals surface area (Å²) in [6.45, 7) is 1.36. The normalized spacial score (nSPS) is 17.1. The Labute approximate surface area is 144 Å². The summed E-state index contributed by atoms with van der Waals surface area (Å²) in [7, 11) is 0. The van der Waals surface area contributed by atoms with Gasteiger partial charge >= 0.3 is 0 Å². The van der Waals surface area contributed by atoms with E-state index in [1.807, 2.05) is 6.07 Å². The molecule has 6 nitrogen and oxygen atoms in total. The number of halogens is 1. The van der Waals surface area contributed by atoms with Crippen LogP contribution < -0.4 is 4.90 Å². The number of benzene rings is 1. The molecule has 0 radical (unpaired) electrons. The largest absolute Gasteiger partial charge is 0.349 e. The van der Waals surface area contributed by atoms with Crippen molar-refractivity contribution in [3.8, 4) is 6.07 Å². The van der Waals surface area contributed by atoms with Gasteiger partial charge in [-0.3, -0.25) is 0 Å². The van der Waals surface area contributed by atoms with Crippen LogP contribution in [-0.2, 0) is 6.54 Å². The average Bonchev–Trinajstić information content (AvgIpc) is 3.27. The van der Waals surface area contributed by atoms with Gasteiger partial charge in [0.1, 0.15) is 18.0 Å². The standard InChI is InChI=1S/C18H17FN6/c19-14-5-1-4-13(10-14)16-6-2-8-24(16)17-15-11-23-25(9-3-7-20)18(15)22-12-21-17/h1,4-5,10-12,16H,2-3,6,8-9H2/t16-/m1/s1. The van der Waals surface area contributed by atoms with Gasteiger partial charge in [0.2, 0.25) is 0 Å². The van der Waals surface area contributed by atoms with Crippen LogP contribution in [-0.4, -0.2) is 26.3 Å². The molecule has 4 rings (SSSR count). The Hall–Kier alpha value is -3.01. The molecule has 3 heterocycles. The van der Waals surface area contributed by atoms with Crippen LogP contribution in [0.5, 0.6) is 0 Å². The van der Waals surface area contributed by atoms with Crippen LogP contribution in [0.3, 0.4) is 0 Å². The molecule has 0 spiro atoms. The first-order valence-corrected chi connectivity index (χ1v) is 8.33. The summed E-state index contributed by atoms with van der Waals surface area (Å²) in [6.07, 6.45) is 5.64. The predicted molar refractivity (Wildman–Crippen MR) is 91.3 cm³/mol. The van der Waals surface area contributed by atoms with Crippen LogP contribution in [0, 0.1) is 17.1 Å². The van der Waals surface area contributed by atoms with Crippen molar-refractivity contribution in [2.75, 3.05) is 11.4 Å². The predicted octanol–water partition coefficient (Wildman–Crippen LogP) is 3.22. The molecule has 1 aliphatic heterocycles. The van der Waals surface area contributed by atoms with Gasteiger partial charge in [0, 0.05) is 6.54 Å². The van der Waals surface area contributed by atoms with Gasteiger partial charge in [-0.25, -0.2) is 19.0 Å². The molecule has 0 aliphatic carbocycles. The summed E-state index contributed by atoms with van der Waals surface area (Å²) in [4.78, 5) is 11.0. The van der Waals surface area contributed by atoms with Gasteiger partial charge in [-0.05, 0) is 30.5 Å². The monoisotopic (exact) mass is 336 g/mol. The Balaban J connectivity index is 1.73. The summed E-state index contributed by atoms with van der Waals surface area (Å²) < 4.78 is 15.4. The highest BCUT2D eigenvalue weighted by Gasteiger charge is 2.29. The molecule has 1 saturated heterocycles. The van der Waals surface area contributed by atoms with Gasteiger partial charge in [-0.1, -0.05) is 12.1 Å². The molecule has 126 valence electrons. The zero-order valence-corrected chi connectivity index (χ0v) is 13.6. The molecular formula is C18H17FN6. The smallest absolute Gasteiger partial charge is 0.163 e. The van der Waals surface area contributed by atoms with Crippen molar-refractivity contribution >= 4 is 16.9 Å². The van der Waals surface area contributed by atoms with Gasteiger partial charge in [0.15, 0.2) is 5.65 Å². The minimum absolute atomic E-state index is 0.0938. The fourth-order valence-corrected chi connectivity index (χ4v) is 3.51. The van der Waals surface area contributed by atoms with E-state index >= 15 is 0 Å². The number of rotatable bonds is 4. The maximum atomic E-state index is 13.6. The van der Waals surface area contributed by atoms with E-state index in [1.54, 1.807) is 23.0 Å².